The molecule has 0 aromatic heterocycles. The average Bonchev–Trinajstić information content (AvgIpc) is 3.31. The second-order valence-electron chi connectivity index (χ2n) is 8.11. The molecule has 3 aliphatic heterocycles. The van der Waals surface area contributed by atoms with Gasteiger partial charge >= 0.3 is 0 Å². The smallest absolute Gasteiger partial charge is 0.252 e. The first-order valence-electron chi connectivity index (χ1n) is 10.9. The summed E-state index contributed by atoms with van der Waals surface area (Å²) < 4.78 is 21.0. The molecule has 10 heteroatoms. The van der Waals surface area contributed by atoms with E-state index in [4.69, 9.17) is 18.9 Å². The van der Waals surface area contributed by atoms with Gasteiger partial charge in [-0.2, -0.15) is 0 Å². The highest BCUT2D eigenvalue weighted by Crippen LogP contribution is 2.32. The maximum absolute atomic E-state index is 13.4. The molecular weight excluding hydrogens is 418 g/mol. The number of amides is 3. The molecule has 3 amide bonds. The van der Waals surface area contributed by atoms with Crippen LogP contribution < -0.4 is 14.8 Å². The quantitative estimate of drug-likeness (QED) is 0.667. The second-order valence-corrected chi connectivity index (χ2v) is 8.11. The number of nitrogens with one attached hydrogen (secondary N) is 1. The highest BCUT2D eigenvalue weighted by Gasteiger charge is 2.36. The van der Waals surface area contributed by atoms with Crippen molar-refractivity contribution >= 4 is 17.7 Å². The maximum atomic E-state index is 13.4. The van der Waals surface area contributed by atoms with Crippen LogP contribution in [0.5, 0.6) is 11.5 Å². The van der Waals surface area contributed by atoms with Gasteiger partial charge in [0.05, 0.1) is 13.2 Å². The van der Waals surface area contributed by atoms with Gasteiger partial charge < -0.3 is 34.1 Å². The summed E-state index contributed by atoms with van der Waals surface area (Å²) in [5, 5.41) is 2.97. The first kappa shape index (κ1) is 22.3. The minimum absolute atomic E-state index is 0.0433. The molecule has 0 saturated carbocycles. The van der Waals surface area contributed by atoms with Crippen LogP contribution in [0, 0.1) is 5.92 Å². The molecule has 1 N–H and O–H groups in total. The van der Waals surface area contributed by atoms with Gasteiger partial charge in [0, 0.05) is 38.9 Å². The monoisotopic (exact) mass is 447 g/mol. The largest absolute Gasteiger partial charge is 0.454 e. The summed E-state index contributed by atoms with van der Waals surface area (Å²) in [4.78, 5) is 42.1. The van der Waals surface area contributed by atoms with Crippen molar-refractivity contribution in [2.75, 3.05) is 59.9 Å². The standard InChI is InChI=1S/C22H29N3O7/c1-29-13-19(26)24-6-4-15(5-7-24)20(22(28)25-8-10-30-11-9-25)23-21(27)16-2-3-17-18(12-16)32-14-31-17/h2-3,12,15,20H,4-11,13-14H2,1H3,(H,23,27). The lowest BCUT2D eigenvalue weighted by Gasteiger charge is -2.38. The van der Waals surface area contributed by atoms with Gasteiger partial charge in [0.25, 0.3) is 5.91 Å². The molecule has 0 radical (unpaired) electrons. The summed E-state index contributed by atoms with van der Waals surface area (Å²) >= 11 is 0. The van der Waals surface area contributed by atoms with Gasteiger partial charge in [-0.15, -0.1) is 0 Å². The number of methoxy groups -OCH3 is 1. The molecule has 174 valence electrons. The van der Waals surface area contributed by atoms with E-state index >= 15 is 0 Å². The second kappa shape index (κ2) is 10.2. The molecule has 1 atom stereocenters. The molecular formula is C22H29N3O7. The van der Waals surface area contributed by atoms with E-state index in [1.165, 1.54) is 7.11 Å². The fourth-order valence-electron chi connectivity index (χ4n) is 4.32. The molecule has 0 spiro atoms. The number of rotatable bonds is 6. The van der Waals surface area contributed by atoms with Crippen molar-refractivity contribution in [2.24, 2.45) is 5.92 Å². The van der Waals surface area contributed by atoms with E-state index in [9.17, 15) is 14.4 Å². The number of morpholine rings is 1. The summed E-state index contributed by atoms with van der Waals surface area (Å²) in [6, 6.07) is 4.30. The number of piperidine rings is 1. The first-order chi connectivity index (χ1) is 15.6. The van der Waals surface area contributed by atoms with Crippen molar-refractivity contribution in [2.45, 2.75) is 18.9 Å². The molecule has 32 heavy (non-hydrogen) atoms. The topological polar surface area (TPSA) is 107 Å². The number of fused-ring (bicyclic) bond motifs is 1. The third-order valence-corrected chi connectivity index (χ3v) is 6.14. The maximum Gasteiger partial charge on any atom is 0.252 e. The number of benzene rings is 1. The van der Waals surface area contributed by atoms with Crippen LogP contribution in [0.4, 0.5) is 0 Å². The van der Waals surface area contributed by atoms with Crippen LogP contribution in [0.25, 0.3) is 0 Å². The Labute approximate surface area is 186 Å². The van der Waals surface area contributed by atoms with E-state index in [2.05, 4.69) is 5.32 Å². The highest BCUT2D eigenvalue weighted by atomic mass is 16.7. The molecule has 1 unspecified atom stereocenters. The van der Waals surface area contributed by atoms with E-state index in [1.807, 2.05) is 0 Å². The molecule has 0 aliphatic carbocycles. The van der Waals surface area contributed by atoms with Crippen LogP contribution >= 0.6 is 0 Å². The third-order valence-electron chi connectivity index (χ3n) is 6.14. The fourth-order valence-corrected chi connectivity index (χ4v) is 4.32. The van der Waals surface area contributed by atoms with E-state index in [1.54, 1.807) is 28.0 Å². The van der Waals surface area contributed by atoms with Crippen LogP contribution in [0.3, 0.4) is 0 Å². The number of nitrogens with zero attached hydrogens (tertiary/aromatic N) is 2. The Kier molecular flexibility index (Phi) is 7.11. The van der Waals surface area contributed by atoms with Gasteiger partial charge in [-0.05, 0) is 37.0 Å². The van der Waals surface area contributed by atoms with Crippen molar-refractivity contribution in [3.8, 4) is 11.5 Å². The Bertz CT molecular complexity index is 848. The Hall–Kier alpha value is -2.85. The van der Waals surface area contributed by atoms with Gasteiger partial charge in [-0.25, -0.2) is 0 Å². The third kappa shape index (κ3) is 4.97. The molecule has 3 heterocycles. The van der Waals surface area contributed by atoms with Gasteiger partial charge in [0.2, 0.25) is 18.6 Å². The minimum Gasteiger partial charge on any atom is -0.454 e. The van der Waals surface area contributed by atoms with E-state index in [0.29, 0.717) is 69.3 Å². The van der Waals surface area contributed by atoms with Crippen molar-refractivity contribution in [1.82, 2.24) is 15.1 Å². The van der Waals surface area contributed by atoms with Crippen molar-refractivity contribution in [3.05, 3.63) is 23.8 Å². The lowest BCUT2D eigenvalue weighted by Crippen LogP contribution is -2.56. The van der Waals surface area contributed by atoms with Crippen LogP contribution in [-0.4, -0.2) is 93.5 Å². The highest BCUT2D eigenvalue weighted by molar-refractivity contribution is 5.98. The Balaban J connectivity index is 1.47. The number of carbonyl (C=O) groups excluding carboxylic acids is 3. The number of hydrogen-bond acceptors (Lipinski definition) is 7. The van der Waals surface area contributed by atoms with Crippen LogP contribution in [0.1, 0.15) is 23.2 Å². The number of carbonyl (C=O) groups is 3. The lowest BCUT2D eigenvalue weighted by molar-refractivity contribution is -0.140. The molecule has 3 aliphatic rings. The van der Waals surface area contributed by atoms with E-state index in [0.717, 1.165) is 0 Å². The van der Waals surface area contributed by atoms with Crippen molar-refractivity contribution in [1.29, 1.82) is 0 Å². The summed E-state index contributed by atoms with van der Waals surface area (Å²) in [5.74, 6) is 0.521. The zero-order chi connectivity index (χ0) is 22.5. The lowest BCUT2D eigenvalue weighted by atomic mass is 9.88. The van der Waals surface area contributed by atoms with Gasteiger partial charge in [-0.1, -0.05) is 0 Å². The Morgan fingerprint density at radius 1 is 1.06 bits per heavy atom. The summed E-state index contributed by atoms with van der Waals surface area (Å²) in [7, 11) is 1.49. The zero-order valence-corrected chi connectivity index (χ0v) is 18.2. The van der Waals surface area contributed by atoms with E-state index in [-0.39, 0.29) is 37.0 Å². The summed E-state index contributed by atoms with van der Waals surface area (Å²) in [6.45, 7) is 3.19. The SMILES string of the molecule is COCC(=O)N1CCC(C(NC(=O)c2ccc3c(c2)OCO3)C(=O)N2CCOCC2)CC1. The van der Waals surface area contributed by atoms with Crippen molar-refractivity contribution < 1.29 is 33.3 Å². The van der Waals surface area contributed by atoms with E-state index < -0.39 is 6.04 Å². The normalized spacial score (nSPS) is 19.5. The molecule has 0 bridgehead atoms. The predicted octanol–water partition coefficient (Wildman–Crippen LogP) is 0.258. The van der Waals surface area contributed by atoms with Crippen LogP contribution in [0.2, 0.25) is 0 Å². The Morgan fingerprint density at radius 3 is 2.50 bits per heavy atom. The molecule has 4 rings (SSSR count). The van der Waals surface area contributed by atoms with Gasteiger partial charge in [0.15, 0.2) is 11.5 Å². The minimum atomic E-state index is -0.675. The number of hydrogen-bond donors (Lipinski definition) is 1. The Morgan fingerprint density at radius 2 is 1.78 bits per heavy atom. The number of ether oxygens (including phenoxy) is 4. The molecule has 10 nitrogen and oxygen atoms in total. The van der Waals surface area contributed by atoms with Crippen molar-refractivity contribution in [3.63, 3.8) is 0 Å². The summed E-state index contributed by atoms with van der Waals surface area (Å²) in [6.07, 6.45) is 1.25. The van der Waals surface area contributed by atoms with Crippen LogP contribution in [0.15, 0.2) is 18.2 Å². The predicted molar refractivity (Wildman–Crippen MR) is 112 cm³/mol. The van der Waals surface area contributed by atoms with Gasteiger partial charge in [0.1, 0.15) is 12.6 Å². The average molecular weight is 447 g/mol. The molecule has 2 saturated heterocycles. The summed E-state index contributed by atoms with van der Waals surface area (Å²) in [5.41, 5.74) is 0.404. The zero-order valence-electron chi connectivity index (χ0n) is 18.2. The fraction of sp³-hybridized carbons (Fsp3) is 0.591. The number of likely N-dealkylation sites (tertiary alicyclic amines) is 1. The van der Waals surface area contributed by atoms with Gasteiger partial charge in [-0.3, -0.25) is 14.4 Å². The molecule has 1 aromatic carbocycles. The molecule has 2 fully saturated rings. The first-order valence-corrected chi connectivity index (χ1v) is 10.9. The van der Waals surface area contributed by atoms with Crippen LogP contribution in [-0.2, 0) is 19.1 Å². The molecule has 1 aromatic rings.